The number of hydrogen-bond acceptors (Lipinski definition) is 3. The lowest BCUT2D eigenvalue weighted by Gasteiger charge is -2.00. The average molecular weight is 203 g/mol. The van der Waals surface area contributed by atoms with Crippen molar-refractivity contribution < 1.29 is 5.11 Å². The monoisotopic (exact) mass is 203 g/mol. The second-order valence-corrected chi connectivity index (χ2v) is 4.19. The number of rotatable bonds is 3. The first-order chi connectivity index (χ1) is 7.34. The molecule has 1 aromatic carbocycles. The Morgan fingerprint density at radius 3 is 3.07 bits per heavy atom. The fourth-order valence-corrected chi connectivity index (χ4v) is 1.85. The maximum absolute atomic E-state index is 9.56. The number of fused-ring (bicyclic) bond motifs is 1. The van der Waals surface area contributed by atoms with Gasteiger partial charge in [-0.3, -0.25) is 0 Å². The van der Waals surface area contributed by atoms with Crippen LogP contribution in [0, 0.1) is 5.92 Å². The van der Waals surface area contributed by atoms with Crippen molar-refractivity contribution in [2.45, 2.75) is 25.8 Å². The molecule has 1 heterocycles. The molecule has 15 heavy (non-hydrogen) atoms. The fourth-order valence-electron chi connectivity index (χ4n) is 1.85. The molecule has 3 rings (SSSR count). The van der Waals surface area contributed by atoms with E-state index in [4.69, 9.17) is 0 Å². The minimum absolute atomic E-state index is 0.213. The summed E-state index contributed by atoms with van der Waals surface area (Å²) in [6, 6.07) is 5.42. The van der Waals surface area contributed by atoms with Gasteiger partial charge in [0, 0.05) is 6.54 Å². The minimum atomic E-state index is 0.213. The Kier molecular flexibility index (Phi) is 1.87. The van der Waals surface area contributed by atoms with Crippen molar-refractivity contribution in [1.29, 1.82) is 0 Å². The van der Waals surface area contributed by atoms with E-state index < -0.39 is 0 Å². The molecule has 0 spiro atoms. The van der Waals surface area contributed by atoms with Crippen LogP contribution in [-0.4, -0.2) is 20.1 Å². The van der Waals surface area contributed by atoms with Crippen molar-refractivity contribution in [3.8, 4) is 5.75 Å². The van der Waals surface area contributed by atoms with E-state index in [0.29, 0.717) is 5.52 Å². The molecule has 4 heteroatoms. The maximum atomic E-state index is 9.56. The van der Waals surface area contributed by atoms with Crippen molar-refractivity contribution in [3.63, 3.8) is 0 Å². The summed E-state index contributed by atoms with van der Waals surface area (Å²) in [6.07, 6.45) is 3.89. The third-order valence-electron chi connectivity index (χ3n) is 2.97. The molecule has 0 bridgehead atoms. The maximum Gasteiger partial charge on any atom is 0.154 e. The van der Waals surface area contributed by atoms with Gasteiger partial charge in [-0.1, -0.05) is 24.1 Å². The third kappa shape index (κ3) is 1.56. The molecule has 4 nitrogen and oxygen atoms in total. The quantitative estimate of drug-likeness (QED) is 0.829. The van der Waals surface area contributed by atoms with E-state index in [1.165, 1.54) is 19.3 Å². The predicted octanol–water partition coefficient (Wildman–Crippen LogP) is 1.94. The van der Waals surface area contributed by atoms with Crippen molar-refractivity contribution in [3.05, 3.63) is 18.2 Å². The second kappa shape index (κ2) is 3.22. The number of hydrogen-bond donors (Lipinski definition) is 1. The van der Waals surface area contributed by atoms with Gasteiger partial charge in [0.15, 0.2) is 5.52 Å². The van der Waals surface area contributed by atoms with Gasteiger partial charge in [-0.2, -0.15) is 0 Å². The van der Waals surface area contributed by atoms with Crippen LogP contribution in [0.5, 0.6) is 5.75 Å². The molecule has 1 saturated carbocycles. The van der Waals surface area contributed by atoms with E-state index in [2.05, 4.69) is 10.3 Å². The fraction of sp³-hybridized carbons (Fsp3) is 0.455. The van der Waals surface area contributed by atoms with E-state index in [0.717, 1.165) is 18.0 Å². The summed E-state index contributed by atoms with van der Waals surface area (Å²) in [5.41, 5.74) is 1.53. The summed E-state index contributed by atoms with van der Waals surface area (Å²) in [5, 5.41) is 17.6. The van der Waals surface area contributed by atoms with Gasteiger partial charge in [-0.15, -0.1) is 5.10 Å². The number of aromatic nitrogens is 3. The smallest absolute Gasteiger partial charge is 0.154 e. The standard InChI is InChI=1S/C11H13N3O/c15-10-3-1-2-9-11(10)12-13-14(9)7-6-8-4-5-8/h1-3,8,15H,4-7H2. The van der Waals surface area contributed by atoms with Crippen LogP contribution in [0.2, 0.25) is 0 Å². The zero-order valence-corrected chi connectivity index (χ0v) is 8.43. The summed E-state index contributed by atoms with van der Waals surface area (Å²) in [5.74, 6) is 1.10. The molecule has 0 amide bonds. The molecule has 0 unspecified atom stereocenters. The molecule has 1 aliphatic carbocycles. The Morgan fingerprint density at radius 2 is 2.27 bits per heavy atom. The van der Waals surface area contributed by atoms with Crippen LogP contribution >= 0.6 is 0 Å². The lowest BCUT2D eigenvalue weighted by Crippen LogP contribution is -2.00. The lowest BCUT2D eigenvalue weighted by molar-refractivity contribution is 0.480. The van der Waals surface area contributed by atoms with Gasteiger partial charge in [-0.25, -0.2) is 4.68 Å². The predicted molar refractivity (Wildman–Crippen MR) is 56.5 cm³/mol. The normalized spacial score (nSPS) is 16.0. The number of aryl methyl sites for hydroxylation is 1. The van der Waals surface area contributed by atoms with Gasteiger partial charge in [0.2, 0.25) is 0 Å². The molecule has 78 valence electrons. The molecule has 1 N–H and O–H groups in total. The SMILES string of the molecule is Oc1cccc2c1nnn2CCC1CC1. The van der Waals surface area contributed by atoms with Crippen LogP contribution in [0.4, 0.5) is 0 Å². The number of aromatic hydroxyl groups is 1. The van der Waals surface area contributed by atoms with Crippen molar-refractivity contribution >= 4 is 11.0 Å². The number of phenols is 1. The Hall–Kier alpha value is -1.58. The van der Waals surface area contributed by atoms with Crippen LogP contribution in [0.3, 0.4) is 0 Å². The van der Waals surface area contributed by atoms with Gasteiger partial charge in [0.1, 0.15) is 5.75 Å². The van der Waals surface area contributed by atoms with Crippen molar-refractivity contribution in [2.75, 3.05) is 0 Å². The van der Waals surface area contributed by atoms with Crippen molar-refractivity contribution in [1.82, 2.24) is 15.0 Å². The molecular formula is C11H13N3O. The highest BCUT2D eigenvalue weighted by atomic mass is 16.3. The Balaban J connectivity index is 1.92. The highest BCUT2D eigenvalue weighted by Crippen LogP contribution is 2.33. The highest BCUT2D eigenvalue weighted by Gasteiger charge is 2.21. The lowest BCUT2D eigenvalue weighted by atomic mass is 10.2. The zero-order chi connectivity index (χ0) is 10.3. The molecule has 1 aromatic heterocycles. The summed E-state index contributed by atoms with van der Waals surface area (Å²) in [7, 11) is 0. The van der Waals surface area contributed by atoms with Crippen LogP contribution in [0.25, 0.3) is 11.0 Å². The van der Waals surface area contributed by atoms with Gasteiger partial charge in [-0.05, 0) is 24.5 Å². The first-order valence-electron chi connectivity index (χ1n) is 5.36. The molecule has 2 aromatic rings. The molecule has 1 fully saturated rings. The van der Waals surface area contributed by atoms with Crippen LogP contribution in [-0.2, 0) is 6.54 Å². The molecule has 0 atom stereocenters. The Morgan fingerprint density at radius 1 is 1.40 bits per heavy atom. The Labute approximate surface area is 87.5 Å². The van der Waals surface area contributed by atoms with Gasteiger partial charge in [0.25, 0.3) is 0 Å². The van der Waals surface area contributed by atoms with E-state index in [9.17, 15) is 5.11 Å². The molecule has 0 radical (unpaired) electrons. The number of benzene rings is 1. The van der Waals surface area contributed by atoms with Crippen molar-refractivity contribution in [2.24, 2.45) is 5.92 Å². The van der Waals surface area contributed by atoms with Crippen LogP contribution < -0.4 is 0 Å². The largest absolute Gasteiger partial charge is 0.506 e. The topological polar surface area (TPSA) is 50.9 Å². The Bertz CT molecular complexity index is 488. The minimum Gasteiger partial charge on any atom is -0.506 e. The van der Waals surface area contributed by atoms with Crippen LogP contribution in [0.15, 0.2) is 18.2 Å². The van der Waals surface area contributed by atoms with E-state index in [-0.39, 0.29) is 5.75 Å². The number of phenolic OH excluding ortho intramolecular Hbond substituents is 1. The summed E-state index contributed by atoms with van der Waals surface area (Å²) < 4.78 is 1.88. The first-order valence-corrected chi connectivity index (χ1v) is 5.36. The third-order valence-corrected chi connectivity index (χ3v) is 2.97. The molecule has 1 aliphatic rings. The molecule has 0 aliphatic heterocycles. The van der Waals surface area contributed by atoms with E-state index in [1.54, 1.807) is 6.07 Å². The average Bonchev–Trinajstić information content (AvgIpc) is 2.97. The first kappa shape index (κ1) is 8.71. The summed E-state index contributed by atoms with van der Waals surface area (Å²) >= 11 is 0. The highest BCUT2D eigenvalue weighted by molar-refractivity contribution is 5.80. The number of nitrogens with zero attached hydrogens (tertiary/aromatic N) is 3. The van der Waals surface area contributed by atoms with E-state index in [1.807, 2.05) is 16.8 Å². The molecule has 0 saturated heterocycles. The summed E-state index contributed by atoms with van der Waals surface area (Å²) in [4.78, 5) is 0. The summed E-state index contributed by atoms with van der Waals surface area (Å²) in [6.45, 7) is 0.907. The second-order valence-electron chi connectivity index (χ2n) is 4.19. The zero-order valence-electron chi connectivity index (χ0n) is 8.43. The van der Waals surface area contributed by atoms with E-state index >= 15 is 0 Å². The van der Waals surface area contributed by atoms with Crippen LogP contribution in [0.1, 0.15) is 19.3 Å². The van der Waals surface area contributed by atoms with Gasteiger partial charge < -0.3 is 5.11 Å². The van der Waals surface area contributed by atoms with Gasteiger partial charge in [0.05, 0.1) is 5.52 Å². The molecular weight excluding hydrogens is 190 g/mol. The van der Waals surface area contributed by atoms with Gasteiger partial charge >= 0.3 is 0 Å².